The first kappa shape index (κ1) is 56.7. The molecular weight excluding hydrogens is 1090 g/mol. The molecule has 8 heterocycles. The Labute approximate surface area is 478 Å². The van der Waals surface area contributed by atoms with E-state index in [9.17, 15) is 61.3 Å². The van der Waals surface area contributed by atoms with Gasteiger partial charge in [-0.3, -0.25) is 0 Å². The van der Waals surface area contributed by atoms with Crippen molar-refractivity contribution < 1.29 is 89.7 Å². The summed E-state index contributed by atoms with van der Waals surface area (Å²) >= 11 is 0. The van der Waals surface area contributed by atoms with Crippen LogP contribution < -0.4 is 14.2 Å². The predicted molar refractivity (Wildman–Crippen MR) is 304 cm³/mol. The van der Waals surface area contributed by atoms with Crippen LogP contribution in [0.1, 0.15) is 22.8 Å². The van der Waals surface area contributed by atoms with E-state index in [0.717, 1.165) is 22.2 Å². The molecule has 436 valence electrons. The van der Waals surface area contributed by atoms with Crippen molar-refractivity contribution in [3.05, 3.63) is 150 Å². The lowest BCUT2D eigenvalue weighted by Crippen LogP contribution is -2.60. The number of hydrogen-bond acceptors (Lipinski definition) is 20. The molecule has 0 amide bonds. The number of aromatic nitrogens is 4. The summed E-state index contributed by atoms with van der Waals surface area (Å²) in [6.45, 7) is -1.88. The lowest BCUT2D eigenvalue weighted by molar-refractivity contribution is -0.277. The molecule has 0 saturated carbocycles. The molecule has 12 rings (SSSR count). The summed E-state index contributed by atoms with van der Waals surface area (Å²) in [6, 6.07) is 38.4. The van der Waals surface area contributed by atoms with Crippen molar-refractivity contribution in [3.63, 3.8) is 0 Å². The fourth-order valence-electron chi connectivity index (χ4n) is 11.0. The van der Waals surface area contributed by atoms with E-state index in [1.807, 2.05) is 78.9 Å². The van der Waals surface area contributed by atoms with Crippen molar-refractivity contribution in [2.45, 2.75) is 92.1 Å². The Hall–Kier alpha value is -7.72. The third-order valence-electron chi connectivity index (χ3n) is 15.5. The predicted octanol–water partition coefficient (Wildman–Crippen LogP) is 2.86. The third kappa shape index (κ3) is 10.8. The van der Waals surface area contributed by atoms with Gasteiger partial charge < -0.3 is 99.7 Å². The highest BCUT2D eigenvalue weighted by molar-refractivity contribution is 6.00. The van der Waals surface area contributed by atoms with Crippen LogP contribution in [0.25, 0.3) is 90.9 Å². The first-order valence-electron chi connectivity index (χ1n) is 27.1. The zero-order chi connectivity index (χ0) is 58.5. The van der Waals surface area contributed by atoms with E-state index in [4.69, 9.17) is 38.4 Å². The van der Waals surface area contributed by atoms with Crippen LogP contribution in [-0.4, -0.2) is 193 Å². The normalized spacial score (nSPS) is 28.5. The maximum absolute atomic E-state index is 10.8. The standard InChI is InChI=1S/C62H60N4O18/c67-26-44-51(70)54(73)57(76)60(82-44)79-33-12-6-30(7-13-33)48-38-20-18-36(63-38)47(29-4-2-1-3-5-29)37-19-21-39(64-37)49(31-8-14-34(15-9-31)80-61-58(77)55(74)52(71)45(27-68)83-61)41-23-25-43(66-41)50(42-24-22-40(48)65-42)32-10-16-35(17-11-32)81-62-59(78)56(75)53(72)46(28-69)84-62/h1-25,44-46,51-64,67-78H,26-28H2/t44-,45-,46-,51+,52+,53+,54+,55+,56+,57-,58-,59-,60-,61-,62-/m1/s1. The van der Waals surface area contributed by atoms with Crippen molar-refractivity contribution in [1.29, 1.82) is 0 Å². The summed E-state index contributed by atoms with van der Waals surface area (Å²) in [4.78, 5) is 18.1. The van der Waals surface area contributed by atoms with Gasteiger partial charge in [0.25, 0.3) is 0 Å². The van der Waals surface area contributed by atoms with E-state index in [1.54, 1.807) is 72.8 Å². The first-order valence-corrected chi connectivity index (χ1v) is 27.1. The zero-order valence-corrected chi connectivity index (χ0v) is 44.4. The highest BCUT2D eigenvalue weighted by atomic mass is 16.7. The number of aliphatic hydroxyl groups excluding tert-OH is 12. The summed E-state index contributed by atoms with van der Waals surface area (Å²) in [5, 5.41) is 124. The van der Waals surface area contributed by atoms with E-state index in [-0.39, 0.29) is 17.2 Å². The van der Waals surface area contributed by atoms with Crippen LogP contribution in [0.4, 0.5) is 0 Å². The number of fused-ring (bicyclic) bond motifs is 8. The lowest BCUT2D eigenvalue weighted by atomic mass is 9.99. The maximum atomic E-state index is 10.8. The van der Waals surface area contributed by atoms with Gasteiger partial charge >= 0.3 is 0 Å². The van der Waals surface area contributed by atoms with E-state index < -0.39 is 112 Å². The summed E-state index contributed by atoms with van der Waals surface area (Å²) in [6.07, 6.45) is -14.8. The van der Waals surface area contributed by atoms with Crippen LogP contribution in [0.3, 0.4) is 0 Å². The number of nitrogens with one attached hydrogen (secondary N) is 2. The van der Waals surface area contributed by atoms with Gasteiger partial charge in [0, 0.05) is 44.3 Å². The Morgan fingerprint density at radius 3 is 0.929 bits per heavy atom. The Bertz CT molecular complexity index is 3540. The molecule has 22 nitrogen and oxygen atoms in total. The molecule has 3 fully saturated rings. The summed E-state index contributed by atoms with van der Waals surface area (Å²) in [7, 11) is 0. The van der Waals surface area contributed by atoms with Gasteiger partial charge in [-0.25, -0.2) is 9.97 Å². The van der Waals surface area contributed by atoms with Crippen LogP contribution >= 0.6 is 0 Å². The number of hydrogen-bond donors (Lipinski definition) is 14. The molecule has 0 aliphatic carbocycles. The minimum atomic E-state index is -1.66. The van der Waals surface area contributed by atoms with Gasteiger partial charge in [-0.1, -0.05) is 66.7 Å². The average molecular weight is 1150 g/mol. The van der Waals surface area contributed by atoms with Crippen LogP contribution in [-0.2, 0) is 14.2 Å². The molecule has 3 aromatic heterocycles. The maximum Gasteiger partial charge on any atom is 0.229 e. The van der Waals surface area contributed by atoms with E-state index in [2.05, 4.69) is 9.97 Å². The van der Waals surface area contributed by atoms with Gasteiger partial charge in [-0.15, -0.1) is 0 Å². The number of H-pyrrole nitrogens is 2. The highest BCUT2D eigenvalue weighted by Crippen LogP contribution is 2.40. The first-order chi connectivity index (χ1) is 40.7. The second-order valence-corrected chi connectivity index (χ2v) is 20.9. The van der Waals surface area contributed by atoms with Gasteiger partial charge in [0.15, 0.2) is 0 Å². The van der Waals surface area contributed by atoms with E-state index in [1.165, 1.54) is 0 Å². The number of aliphatic hydroxyl groups is 12. The molecule has 0 unspecified atom stereocenters. The molecule has 5 aliphatic rings. The van der Waals surface area contributed by atoms with Crippen molar-refractivity contribution in [2.75, 3.05) is 19.8 Å². The third-order valence-corrected chi connectivity index (χ3v) is 15.5. The van der Waals surface area contributed by atoms with Crippen molar-refractivity contribution >= 4 is 46.4 Å². The second-order valence-electron chi connectivity index (χ2n) is 20.9. The quantitative estimate of drug-likeness (QED) is 0.0789. The molecule has 5 aliphatic heterocycles. The summed E-state index contributed by atoms with van der Waals surface area (Å²) < 4.78 is 34.8. The molecule has 22 heteroatoms. The Morgan fingerprint density at radius 2 is 0.607 bits per heavy atom. The Kier molecular flexibility index (Phi) is 16.0. The topological polar surface area (TPSA) is 356 Å². The number of nitrogens with zero attached hydrogens (tertiary/aromatic N) is 2. The van der Waals surface area contributed by atoms with Crippen LogP contribution in [0.2, 0.25) is 0 Å². The second kappa shape index (κ2) is 23.7. The molecule has 8 bridgehead atoms. The fraction of sp³-hybridized carbons (Fsp3) is 0.290. The molecule has 15 atom stereocenters. The Morgan fingerprint density at radius 1 is 0.321 bits per heavy atom. The summed E-state index contributed by atoms with van der Waals surface area (Å²) in [5.74, 6) is 0.734. The van der Waals surface area contributed by atoms with Gasteiger partial charge in [-0.05, 0) is 107 Å². The minimum Gasteiger partial charge on any atom is -0.462 e. The number of aromatic amines is 2. The smallest absolute Gasteiger partial charge is 0.229 e. The molecule has 3 saturated heterocycles. The Balaban J connectivity index is 1.03. The molecule has 0 radical (unpaired) electrons. The zero-order valence-electron chi connectivity index (χ0n) is 44.4. The number of benzene rings is 4. The van der Waals surface area contributed by atoms with Gasteiger partial charge in [0.2, 0.25) is 18.9 Å². The van der Waals surface area contributed by atoms with Crippen LogP contribution in [0.5, 0.6) is 17.2 Å². The summed E-state index contributed by atoms with van der Waals surface area (Å²) in [5.41, 5.74) is 10.6. The minimum absolute atomic E-state index is 0.227. The van der Waals surface area contributed by atoms with E-state index >= 15 is 0 Å². The lowest BCUT2D eigenvalue weighted by Gasteiger charge is -2.39. The van der Waals surface area contributed by atoms with E-state index in [0.29, 0.717) is 67.2 Å². The largest absolute Gasteiger partial charge is 0.462 e. The monoisotopic (exact) mass is 1150 g/mol. The van der Waals surface area contributed by atoms with Gasteiger partial charge in [0.1, 0.15) is 90.5 Å². The molecular formula is C62H60N4O18. The highest BCUT2D eigenvalue weighted by Gasteiger charge is 2.47. The SMILES string of the molecule is OC[C@H]1O[C@@H](Oc2ccc(-c3c4nc(c(-c5ccc(O[C@@H]6O[C@H](CO)[C@H](O)[C@H](O)[C@H]6O)cc5)c5ccc([nH]5)c(-c5ccccc5)c5ccc([nH]5)c(-c5ccc(O[C@@H]6O[C@H](CO)[C@H](O)[C@H](O)[C@H]6O)cc5)c5nc3C=C5)C=C4)cc2)[C@H](O)[C@@H](O)[C@H]1O. The molecule has 14 N–H and O–H groups in total. The van der Waals surface area contributed by atoms with Crippen molar-refractivity contribution in [1.82, 2.24) is 19.9 Å². The number of rotatable bonds is 13. The van der Waals surface area contributed by atoms with Gasteiger partial charge in [0.05, 0.1) is 42.6 Å². The van der Waals surface area contributed by atoms with Crippen LogP contribution in [0, 0.1) is 0 Å². The molecule has 0 spiro atoms. The molecule has 84 heavy (non-hydrogen) atoms. The van der Waals surface area contributed by atoms with Crippen molar-refractivity contribution in [2.24, 2.45) is 0 Å². The van der Waals surface area contributed by atoms with Gasteiger partial charge in [-0.2, -0.15) is 0 Å². The fourth-order valence-corrected chi connectivity index (χ4v) is 11.0. The van der Waals surface area contributed by atoms with Crippen molar-refractivity contribution in [3.8, 4) is 61.8 Å². The number of ether oxygens (including phenoxy) is 6. The molecule has 7 aromatic rings. The molecule has 4 aromatic carbocycles. The van der Waals surface area contributed by atoms with Crippen LogP contribution in [0.15, 0.2) is 127 Å². The average Bonchev–Trinajstić information content (AvgIpc) is 4.47.